The van der Waals surface area contributed by atoms with Crippen molar-refractivity contribution < 1.29 is 0 Å². The highest BCUT2D eigenvalue weighted by Gasteiger charge is 2.17. The van der Waals surface area contributed by atoms with Gasteiger partial charge in [-0.25, -0.2) is 0 Å². The summed E-state index contributed by atoms with van der Waals surface area (Å²) in [6.45, 7) is 0. The van der Waals surface area contributed by atoms with Crippen molar-refractivity contribution >= 4 is 63.0 Å². The molecule has 7 aromatic carbocycles. The van der Waals surface area contributed by atoms with Gasteiger partial charge in [0.2, 0.25) is 0 Å². The van der Waals surface area contributed by atoms with Crippen LogP contribution in [0.1, 0.15) is 0 Å². The average Bonchev–Trinajstić information content (AvgIpc) is 3.67. The predicted octanol–water partition coefficient (Wildman–Crippen LogP) is 13.1. The van der Waals surface area contributed by atoms with Gasteiger partial charge in [-0.05, 0) is 63.7 Å². The number of fused-ring (bicyclic) bond motifs is 6. The summed E-state index contributed by atoms with van der Waals surface area (Å²) < 4.78 is 5.39. The second kappa shape index (κ2) is 10.3. The van der Waals surface area contributed by atoms with Crippen LogP contribution in [0.4, 0.5) is 0 Å². The number of benzene rings is 7. The summed E-state index contributed by atoms with van der Waals surface area (Å²) in [4.78, 5) is 0. The lowest BCUT2D eigenvalue weighted by Gasteiger charge is -2.11. The monoisotopic (exact) mass is 594 g/mol. The second-order valence-corrected chi connectivity index (χ2v) is 13.4. The third kappa shape index (κ3) is 4.18. The lowest BCUT2D eigenvalue weighted by Crippen LogP contribution is -1.85. The first kappa shape index (κ1) is 25.5. The van der Waals surface area contributed by atoms with E-state index in [-0.39, 0.29) is 0 Å². The summed E-state index contributed by atoms with van der Waals surface area (Å²) in [5.74, 6) is 0. The van der Waals surface area contributed by atoms with Crippen LogP contribution in [0.2, 0.25) is 0 Å². The Labute approximate surface area is 264 Å². The third-order valence-electron chi connectivity index (χ3n) is 8.69. The summed E-state index contributed by atoms with van der Waals surface area (Å²) in [5.41, 5.74) is 10.0. The Hall–Kier alpha value is -5.02. The van der Waals surface area contributed by atoms with Gasteiger partial charge in [-0.2, -0.15) is 0 Å². The molecule has 2 heterocycles. The van der Waals surface area contributed by atoms with Crippen molar-refractivity contribution in [3.63, 3.8) is 0 Å². The van der Waals surface area contributed by atoms with Crippen LogP contribution in [0.25, 0.3) is 84.9 Å². The van der Waals surface area contributed by atoms with Gasteiger partial charge < -0.3 is 0 Å². The van der Waals surface area contributed by atoms with Crippen molar-refractivity contribution in [2.45, 2.75) is 0 Å². The molecule has 0 aliphatic heterocycles. The first-order valence-electron chi connectivity index (χ1n) is 14.9. The molecule has 0 aliphatic rings. The fourth-order valence-corrected chi connectivity index (χ4v) is 8.96. The van der Waals surface area contributed by atoms with E-state index >= 15 is 0 Å². The van der Waals surface area contributed by atoms with Gasteiger partial charge in [0.25, 0.3) is 0 Å². The van der Waals surface area contributed by atoms with Crippen LogP contribution >= 0.6 is 22.7 Å². The molecule has 9 aromatic rings. The zero-order chi connectivity index (χ0) is 29.0. The summed E-state index contributed by atoms with van der Waals surface area (Å²) in [5, 5.41) is 5.33. The molecule has 0 bridgehead atoms. The van der Waals surface area contributed by atoms with Crippen LogP contribution in [-0.2, 0) is 0 Å². The highest BCUT2D eigenvalue weighted by molar-refractivity contribution is 7.27. The molecule has 2 heteroatoms. The lowest BCUT2D eigenvalue weighted by molar-refractivity contribution is 1.58. The van der Waals surface area contributed by atoms with E-state index in [0.717, 1.165) is 0 Å². The number of thiophene rings is 2. The van der Waals surface area contributed by atoms with Gasteiger partial charge in [0.1, 0.15) is 0 Å². The minimum Gasteiger partial charge on any atom is -0.135 e. The van der Waals surface area contributed by atoms with Crippen LogP contribution in [0.5, 0.6) is 0 Å². The minimum atomic E-state index is 1.23. The van der Waals surface area contributed by atoms with Crippen molar-refractivity contribution in [3.05, 3.63) is 158 Å². The van der Waals surface area contributed by atoms with E-state index in [1.807, 2.05) is 22.7 Å². The number of rotatable bonds is 4. The van der Waals surface area contributed by atoms with Crippen LogP contribution in [0, 0.1) is 0 Å². The number of hydrogen-bond donors (Lipinski definition) is 0. The fraction of sp³-hybridized carbons (Fsp3) is 0. The molecule has 0 aliphatic carbocycles. The van der Waals surface area contributed by atoms with Crippen LogP contribution < -0.4 is 0 Å². The molecule has 2 aromatic heterocycles. The summed E-state index contributed by atoms with van der Waals surface area (Å²) >= 11 is 3.81. The van der Waals surface area contributed by atoms with E-state index in [1.165, 1.54) is 84.9 Å². The number of hydrogen-bond acceptors (Lipinski definition) is 2. The van der Waals surface area contributed by atoms with E-state index in [0.29, 0.717) is 0 Å². The molecule has 0 fully saturated rings. The Morgan fingerprint density at radius 3 is 1.48 bits per heavy atom. The molecule has 0 saturated heterocycles. The zero-order valence-corrected chi connectivity index (χ0v) is 25.5. The molecule has 0 saturated carbocycles. The van der Waals surface area contributed by atoms with Gasteiger partial charge in [0.05, 0.1) is 0 Å². The minimum absolute atomic E-state index is 1.23. The molecule has 206 valence electrons. The van der Waals surface area contributed by atoms with Crippen LogP contribution in [0.15, 0.2) is 158 Å². The standard InChI is InChI=1S/C42H26S2/c1-2-10-27(11-3-1)30-12-8-13-31(24-30)28-20-22-29(23-21-28)32-25-37-34-15-5-7-19-40(34)44-42(37)38(26-32)36-17-9-16-35-33-14-4-6-18-39(33)43-41(35)36/h1-26H. The Balaban J connectivity index is 1.21. The Morgan fingerprint density at radius 2 is 0.773 bits per heavy atom. The maximum atomic E-state index is 2.42. The fourth-order valence-electron chi connectivity index (χ4n) is 6.52. The average molecular weight is 595 g/mol. The highest BCUT2D eigenvalue weighted by atomic mass is 32.1. The first-order valence-corrected chi connectivity index (χ1v) is 16.6. The molecule has 0 spiro atoms. The van der Waals surface area contributed by atoms with Gasteiger partial charge in [-0.1, -0.05) is 127 Å². The van der Waals surface area contributed by atoms with Gasteiger partial charge in [-0.15, -0.1) is 22.7 Å². The molecule has 0 N–H and O–H groups in total. The Bertz CT molecular complexity index is 2480. The smallest absolute Gasteiger partial charge is 0.0434 e. The molecular formula is C42H26S2. The first-order chi connectivity index (χ1) is 21.8. The third-order valence-corrected chi connectivity index (χ3v) is 11.1. The van der Waals surface area contributed by atoms with Gasteiger partial charge >= 0.3 is 0 Å². The summed E-state index contributed by atoms with van der Waals surface area (Å²) in [7, 11) is 0. The molecule has 0 amide bonds. The van der Waals surface area contributed by atoms with E-state index in [4.69, 9.17) is 0 Å². The van der Waals surface area contributed by atoms with Crippen LogP contribution in [-0.4, -0.2) is 0 Å². The molecule has 0 nitrogen and oxygen atoms in total. The van der Waals surface area contributed by atoms with Gasteiger partial charge in [0, 0.05) is 51.5 Å². The van der Waals surface area contributed by atoms with E-state index in [9.17, 15) is 0 Å². The van der Waals surface area contributed by atoms with E-state index in [2.05, 4.69) is 158 Å². The highest BCUT2D eigenvalue weighted by Crippen LogP contribution is 2.47. The predicted molar refractivity (Wildman–Crippen MR) is 194 cm³/mol. The normalized spacial score (nSPS) is 11.6. The maximum Gasteiger partial charge on any atom is 0.0434 e. The van der Waals surface area contributed by atoms with E-state index < -0.39 is 0 Å². The molecule has 0 atom stereocenters. The zero-order valence-electron chi connectivity index (χ0n) is 23.8. The van der Waals surface area contributed by atoms with Crippen LogP contribution in [0.3, 0.4) is 0 Å². The quantitative estimate of drug-likeness (QED) is 0.190. The van der Waals surface area contributed by atoms with Crippen molar-refractivity contribution in [3.8, 4) is 44.5 Å². The topological polar surface area (TPSA) is 0 Å². The molecule has 0 radical (unpaired) electrons. The molecule has 9 rings (SSSR count). The SMILES string of the molecule is c1ccc(-c2cccc(-c3ccc(-c4cc(-c5cccc6c5sc5ccccc56)c5sc6ccccc6c5c4)cc3)c2)cc1. The van der Waals surface area contributed by atoms with Crippen molar-refractivity contribution in [1.82, 2.24) is 0 Å². The largest absolute Gasteiger partial charge is 0.135 e. The second-order valence-electron chi connectivity index (χ2n) is 11.3. The molecule has 44 heavy (non-hydrogen) atoms. The summed E-state index contributed by atoms with van der Waals surface area (Å²) in [6, 6.07) is 57.8. The van der Waals surface area contributed by atoms with Gasteiger partial charge in [-0.3, -0.25) is 0 Å². The lowest BCUT2D eigenvalue weighted by atomic mass is 9.94. The Morgan fingerprint density at radius 1 is 0.273 bits per heavy atom. The van der Waals surface area contributed by atoms with E-state index in [1.54, 1.807) is 0 Å². The molecule has 0 unspecified atom stereocenters. The van der Waals surface area contributed by atoms with Crippen molar-refractivity contribution in [2.75, 3.05) is 0 Å². The van der Waals surface area contributed by atoms with Crippen molar-refractivity contribution in [2.24, 2.45) is 0 Å². The van der Waals surface area contributed by atoms with Gasteiger partial charge in [0.15, 0.2) is 0 Å². The summed E-state index contributed by atoms with van der Waals surface area (Å²) in [6.07, 6.45) is 0. The molecular weight excluding hydrogens is 569 g/mol. The van der Waals surface area contributed by atoms with Crippen molar-refractivity contribution in [1.29, 1.82) is 0 Å². The Kier molecular flexibility index (Phi) is 5.97. The maximum absolute atomic E-state index is 2.42.